The summed E-state index contributed by atoms with van der Waals surface area (Å²) < 4.78 is 5.42. The van der Waals surface area contributed by atoms with Gasteiger partial charge in [0.25, 0.3) is 0 Å². The third kappa shape index (κ3) is 4.55. The Hall–Kier alpha value is -2.04. The van der Waals surface area contributed by atoms with Crippen molar-refractivity contribution in [2.24, 2.45) is 0 Å². The average Bonchev–Trinajstić information content (AvgIpc) is 2.31. The average molecular weight is 237 g/mol. The van der Waals surface area contributed by atoms with E-state index in [-0.39, 0.29) is 0 Å². The van der Waals surface area contributed by atoms with Crippen molar-refractivity contribution in [1.29, 1.82) is 0 Å². The number of aliphatic carboxylic acids is 1. The van der Waals surface area contributed by atoms with Crippen LogP contribution in [0.15, 0.2) is 24.3 Å². The molecule has 0 aliphatic heterocycles. The van der Waals surface area contributed by atoms with Crippen LogP contribution in [0.5, 0.6) is 5.75 Å². The van der Waals surface area contributed by atoms with Crippen LogP contribution in [0.4, 0.5) is 5.69 Å². The Morgan fingerprint density at radius 2 is 1.94 bits per heavy atom. The summed E-state index contributed by atoms with van der Waals surface area (Å²) in [5.41, 5.74) is 0.431. The van der Waals surface area contributed by atoms with E-state index in [1.807, 2.05) is 0 Å². The quantitative estimate of drug-likeness (QED) is 0.605. The first-order chi connectivity index (χ1) is 8.13. The minimum absolute atomic E-state index is 0.431. The number of rotatable bonds is 5. The van der Waals surface area contributed by atoms with Crippen LogP contribution >= 0.6 is 0 Å². The molecule has 0 unspecified atom stereocenters. The molecule has 92 valence electrons. The number of ether oxygens (including phenoxy) is 1. The minimum atomic E-state index is -1.51. The summed E-state index contributed by atoms with van der Waals surface area (Å²) in [5, 5.41) is 10.6. The first-order valence-electron chi connectivity index (χ1n) is 5.40. The van der Waals surface area contributed by atoms with Gasteiger partial charge in [0.15, 0.2) is 0 Å². The van der Waals surface area contributed by atoms with Crippen LogP contribution in [0.1, 0.15) is 19.8 Å². The van der Waals surface area contributed by atoms with Crippen LogP contribution in [0.25, 0.3) is 0 Å². The van der Waals surface area contributed by atoms with Gasteiger partial charge in [-0.2, -0.15) is 0 Å². The highest BCUT2D eigenvalue weighted by Gasteiger charge is 2.10. The Morgan fingerprint density at radius 1 is 1.29 bits per heavy atom. The van der Waals surface area contributed by atoms with Crippen molar-refractivity contribution in [1.82, 2.24) is 0 Å². The SMILES string of the molecule is CCCCOc1ccc(NC(=O)C(=O)O)cc1. The second kappa shape index (κ2) is 6.52. The van der Waals surface area contributed by atoms with Gasteiger partial charge in [0, 0.05) is 5.69 Å². The van der Waals surface area contributed by atoms with E-state index < -0.39 is 11.9 Å². The number of carbonyl (C=O) groups excluding carboxylic acids is 1. The summed E-state index contributed by atoms with van der Waals surface area (Å²) in [6.45, 7) is 2.73. The summed E-state index contributed by atoms with van der Waals surface area (Å²) in [7, 11) is 0. The summed E-state index contributed by atoms with van der Waals surface area (Å²) in [4.78, 5) is 21.2. The molecular weight excluding hydrogens is 222 g/mol. The molecule has 0 radical (unpaired) electrons. The van der Waals surface area contributed by atoms with Gasteiger partial charge >= 0.3 is 11.9 Å². The van der Waals surface area contributed by atoms with Crippen LogP contribution in [0.3, 0.4) is 0 Å². The standard InChI is InChI=1S/C12H15NO4/c1-2-3-8-17-10-6-4-9(5-7-10)13-11(14)12(15)16/h4-7H,2-3,8H2,1H3,(H,13,14)(H,15,16). The molecule has 0 aromatic heterocycles. The van der Waals surface area contributed by atoms with Crippen molar-refractivity contribution in [2.45, 2.75) is 19.8 Å². The highest BCUT2D eigenvalue weighted by atomic mass is 16.5. The van der Waals surface area contributed by atoms with Gasteiger partial charge in [-0.15, -0.1) is 0 Å². The number of hydrogen-bond donors (Lipinski definition) is 2. The fraction of sp³-hybridized carbons (Fsp3) is 0.333. The Balaban J connectivity index is 2.50. The molecule has 0 aliphatic rings. The molecule has 1 aromatic rings. The highest BCUT2D eigenvalue weighted by molar-refractivity contribution is 6.36. The third-order valence-corrected chi connectivity index (χ3v) is 2.07. The van der Waals surface area contributed by atoms with E-state index in [1.165, 1.54) is 0 Å². The molecule has 0 atom stereocenters. The van der Waals surface area contributed by atoms with Crippen LogP contribution in [-0.4, -0.2) is 23.6 Å². The van der Waals surface area contributed by atoms with Crippen LogP contribution in [0, 0.1) is 0 Å². The molecule has 5 nitrogen and oxygen atoms in total. The van der Waals surface area contributed by atoms with E-state index in [0.29, 0.717) is 18.0 Å². The Kier molecular flexibility index (Phi) is 5.00. The molecule has 1 rings (SSSR count). The van der Waals surface area contributed by atoms with Gasteiger partial charge in [-0.1, -0.05) is 13.3 Å². The molecule has 0 aliphatic carbocycles. The molecule has 0 fully saturated rings. The number of carboxylic acid groups (broad SMARTS) is 1. The fourth-order valence-corrected chi connectivity index (χ4v) is 1.15. The van der Waals surface area contributed by atoms with E-state index >= 15 is 0 Å². The van der Waals surface area contributed by atoms with Crippen molar-refractivity contribution >= 4 is 17.6 Å². The van der Waals surface area contributed by atoms with Crippen molar-refractivity contribution in [2.75, 3.05) is 11.9 Å². The zero-order valence-corrected chi connectivity index (χ0v) is 9.60. The molecule has 0 heterocycles. The molecule has 0 bridgehead atoms. The molecule has 2 N–H and O–H groups in total. The van der Waals surface area contributed by atoms with Gasteiger partial charge < -0.3 is 15.2 Å². The monoisotopic (exact) mass is 237 g/mol. The maximum absolute atomic E-state index is 10.9. The highest BCUT2D eigenvalue weighted by Crippen LogP contribution is 2.15. The second-order valence-corrected chi connectivity index (χ2v) is 3.49. The van der Waals surface area contributed by atoms with Gasteiger partial charge in [-0.25, -0.2) is 4.79 Å². The van der Waals surface area contributed by atoms with Crippen molar-refractivity contribution in [3.63, 3.8) is 0 Å². The van der Waals surface area contributed by atoms with Gasteiger partial charge in [0.05, 0.1) is 6.61 Å². The lowest BCUT2D eigenvalue weighted by atomic mass is 10.3. The number of benzene rings is 1. The summed E-state index contributed by atoms with van der Waals surface area (Å²) in [6.07, 6.45) is 2.05. The van der Waals surface area contributed by atoms with Gasteiger partial charge in [-0.05, 0) is 30.7 Å². The largest absolute Gasteiger partial charge is 0.494 e. The third-order valence-electron chi connectivity index (χ3n) is 2.07. The Bertz CT molecular complexity index is 386. The maximum Gasteiger partial charge on any atom is 0.394 e. The molecule has 17 heavy (non-hydrogen) atoms. The number of anilines is 1. The van der Waals surface area contributed by atoms with Crippen LogP contribution in [-0.2, 0) is 9.59 Å². The molecular formula is C12H15NO4. The number of carbonyl (C=O) groups is 2. The molecule has 0 spiro atoms. The summed E-state index contributed by atoms with van der Waals surface area (Å²) in [5.74, 6) is -1.86. The first-order valence-corrected chi connectivity index (χ1v) is 5.40. The van der Waals surface area contributed by atoms with Crippen molar-refractivity contribution < 1.29 is 19.4 Å². The van der Waals surface area contributed by atoms with E-state index in [1.54, 1.807) is 24.3 Å². The van der Waals surface area contributed by atoms with Crippen molar-refractivity contribution in [3.05, 3.63) is 24.3 Å². The molecule has 1 aromatic carbocycles. The number of carboxylic acids is 1. The van der Waals surface area contributed by atoms with Crippen LogP contribution in [0.2, 0.25) is 0 Å². The first kappa shape index (κ1) is 13.0. The minimum Gasteiger partial charge on any atom is -0.494 e. The molecule has 1 amide bonds. The second-order valence-electron chi connectivity index (χ2n) is 3.49. The number of amides is 1. The fourth-order valence-electron chi connectivity index (χ4n) is 1.15. The smallest absolute Gasteiger partial charge is 0.394 e. The van der Waals surface area contributed by atoms with E-state index in [0.717, 1.165) is 12.8 Å². The maximum atomic E-state index is 10.9. The zero-order valence-electron chi connectivity index (χ0n) is 9.60. The van der Waals surface area contributed by atoms with E-state index in [4.69, 9.17) is 9.84 Å². The predicted octanol–water partition coefficient (Wildman–Crippen LogP) is 1.89. The van der Waals surface area contributed by atoms with Crippen LogP contribution < -0.4 is 10.1 Å². The van der Waals surface area contributed by atoms with Gasteiger partial charge in [0.1, 0.15) is 5.75 Å². The number of unbranched alkanes of at least 4 members (excludes halogenated alkanes) is 1. The summed E-state index contributed by atoms with van der Waals surface area (Å²) >= 11 is 0. The topological polar surface area (TPSA) is 75.6 Å². The summed E-state index contributed by atoms with van der Waals surface area (Å²) in [6, 6.07) is 6.57. The van der Waals surface area contributed by atoms with Crippen molar-refractivity contribution in [3.8, 4) is 5.75 Å². The predicted molar refractivity (Wildman–Crippen MR) is 63.1 cm³/mol. The zero-order chi connectivity index (χ0) is 12.7. The van der Waals surface area contributed by atoms with Gasteiger partial charge in [0.2, 0.25) is 0 Å². The number of nitrogens with one attached hydrogen (secondary N) is 1. The normalized spacial score (nSPS) is 9.71. The Labute approximate surface area is 99.4 Å². The Morgan fingerprint density at radius 3 is 2.47 bits per heavy atom. The lowest BCUT2D eigenvalue weighted by Crippen LogP contribution is -2.21. The molecule has 0 saturated carbocycles. The van der Waals surface area contributed by atoms with E-state index in [2.05, 4.69) is 12.2 Å². The number of hydrogen-bond acceptors (Lipinski definition) is 3. The molecule has 0 saturated heterocycles. The van der Waals surface area contributed by atoms with Gasteiger partial charge in [-0.3, -0.25) is 4.79 Å². The lowest BCUT2D eigenvalue weighted by Gasteiger charge is -2.06. The molecule has 5 heteroatoms. The lowest BCUT2D eigenvalue weighted by molar-refractivity contribution is -0.147. The van der Waals surface area contributed by atoms with E-state index in [9.17, 15) is 9.59 Å².